The number of nitrogens with one attached hydrogen (secondary N) is 1. The van der Waals surface area contributed by atoms with Crippen molar-refractivity contribution in [2.45, 2.75) is 38.6 Å². The largest absolute Gasteiger partial charge is 0.352 e. The Kier molecular flexibility index (Phi) is 4.31. The minimum absolute atomic E-state index is 0.00442. The molecule has 1 heterocycles. The molecule has 4 nitrogen and oxygen atoms in total. The molecule has 0 unspecified atom stereocenters. The van der Waals surface area contributed by atoms with Gasteiger partial charge in [0, 0.05) is 30.5 Å². The van der Waals surface area contributed by atoms with Crippen molar-refractivity contribution in [3.8, 4) is 0 Å². The average molecular weight is 247 g/mol. The van der Waals surface area contributed by atoms with Gasteiger partial charge in [-0.3, -0.25) is 9.78 Å². The molecule has 0 saturated heterocycles. The van der Waals surface area contributed by atoms with Crippen LogP contribution in [0, 0.1) is 12.8 Å². The highest BCUT2D eigenvalue weighted by Gasteiger charge is 2.19. The number of aryl methyl sites for hydroxylation is 1. The van der Waals surface area contributed by atoms with Crippen LogP contribution in [0.25, 0.3) is 0 Å². The lowest BCUT2D eigenvalue weighted by Crippen LogP contribution is -2.34. The van der Waals surface area contributed by atoms with Crippen LogP contribution in [-0.2, 0) is 0 Å². The van der Waals surface area contributed by atoms with E-state index >= 15 is 0 Å². The molecule has 0 atom stereocenters. The lowest BCUT2D eigenvalue weighted by molar-refractivity contribution is 0.0942. The van der Waals surface area contributed by atoms with Crippen molar-refractivity contribution in [2.24, 2.45) is 11.7 Å². The van der Waals surface area contributed by atoms with Crippen LogP contribution in [0.3, 0.4) is 0 Å². The summed E-state index contributed by atoms with van der Waals surface area (Å²) < 4.78 is 0. The second-order valence-electron chi connectivity index (χ2n) is 5.18. The van der Waals surface area contributed by atoms with Crippen LogP contribution in [0.5, 0.6) is 0 Å². The zero-order chi connectivity index (χ0) is 13.0. The van der Waals surface area contributed by atoms with Gasteiger partial charge >= 0.3 is 0 Å². The second kappa shape index (κ2) is 5.96. The Balaban J connectivity index is 1.84. The normalized spacial score (nSPS) is 23.7. The summed E-state index contributed by atoms with van der Waals surface area (Å²) in [5, 5.41) is 3.02. The number of pyridine rings is 1. The van der Waals surface area contributed by atoms with E-state index in [0.717, 1.165) is 43.4 Å². The number of carbonyl (C=O) groups excluding carboxylic acids is 1. The highest BCUT2D eigenvalue weighted by atomic mass is 16.1. The van der Waals surface area contributed by atoms with Crippen LogP contribution in [-0.4, -0.2) is 23.5 Å². The summed E-state index contributed by atoms with van der Waals surface area (Å²) in [6.45, 7) is 2.66. The Morgan fingerprint density at radius 2 is 2.17 bits per heavy atom. The topological polar surface area (TPSA) is 68.0 Å². The Morgan fingerprint density at radius 3 is 2.83 bits per heavy atom. The van der Waals surface area contributed by atoms with Gasteiger partial charge in [0.15, 0.2) is 0 Å². The Hall–Kier alpha value is -1.42. The fourth-order valence-corrected chi connectivity index (χ4v) is 2.45. The SMILES string of the molecule is Cc1cnccc1C(=O)NCC1CCC(N)CC1. The molecule has 3 N–H and O–H groups in total. The first-order valence-electron chi connectivity index (χ1n) is 6.61. The van der Waals surface area contributed by atoms with Gasteiger partial charge in [-0.05, 0) is 50.2 Å². The minimum atomic E-state index is 0.00442. The number of rotatable bonds is 3. The molecule has 1 aliphatic rings. The summed E-state index contributed by atoms with van der Waals surface area (Å²) in [5.74, 6) is 0.584. The summed E-state index contributed by atoms with van der Waals surface area (Å²) >= 11 is 0. The van der Waals surface area contributed by atoms with E-state index in [1.165, 1.54) is 0 Å². The third kappa shape index (κ3) is 3.29. The van der Waals surface area contributed by atoms with Gasteiger partial charge in [0.2, 0.25) is 0 Å². The summed E-state index contributed by atoms with van der Waals surface area (Å²) in [6, 6.07) is 2.13. The van der Waals surface area contributed by atoms with Gasteiger partial charge in [-0.15, -0.1) is 0 Å². The van der Waals surface area contributed by atoms with Crippen molar-refractivity contribution in [3.63, 3.8) is 0 Å². The Labute approximate surface area is 108 Å². The average Bonchev–Trinajstić information content (AvgIpc) is 2.38. The van der Waals surface area contributed by atoms with Crippen molar-refractivity contribution in [3.05, 3.63) is 29.6 Å². The summed E-state index contributed by atoms with van der Waals surface area (Å²) in [5.41, 5.74) is 7.51. The number of nitrogens with two attached hydrogens (primary N) is 1. The van der Waals surface area contributed by atoms with E-state index in [4.69, 9.17) is 5.73 Å². The summed E-state index contributed by atoms with van der Waals surface area (Å²) in [7, 11) is 0. The molecule has 0 aliphatic heterocycles. The molecule has 1 amide bonds. The minimum Gasteiger partial charge on any atom is -0.352 e. The molecule has 18 heavy (non-hydrogen) atoms. The van der Waals surface area contributed by atoms with Crippen molar-refractivity contribution in [1.29, 1.82) is 0 Å². The monoisotopic (exact) mass is 247 g/mol. The quantitative estimate of drug-likeness (QED) is 0.853. The zero-order valence-electron chi connectivity index (χ0n) is 10.9. The molecule has 2 rings (SSSR count). The lowest BCUT2D eigenvalue weighted by Gasteiger charge is -2.26. The number of nitrogens with zero attached hydrogens (tertiary/aromatic N) is 1. The van der Waals surface area contributed by atoms with Crippen molar-refractivity contribution < 1.29 is 4.79 Å². The third-order valence-corrected chi connectivity index (χ3v) is 3.71. The summed E-state index contributed by atoms with van der Waals surface area (Å²) in [6.07, 6.45) is 7.77. The number of hydrogen-bond donors (Lipinski definition) is 2. The maximum absolute atomic E-state index is 12.0. The molecule has 0 radical (unpaired) electrons. The number of carbonyl (C=O) groups is 1. The second-order valence-corrected chi connectivity index (χ2v) is 5.18. The molecule has 1 aromatic heterocycles. The van der Waals surface area contributed by atoms with Gasteiger partial charge in [-0.25, -0.2) is 0 Å². The first-order valence-corrected chi connectivity index (χ1v) is 6.61. The van der Waals surface area contributed by atoms with Gasteiger partial charge in [-0.2, -0.15) is 0 Å². The molecular weight excluding hydrogens is 226 g/mol. The third-order valence-electron chi connectivity index (χ3n) is 3.71. The smallest absolute Gasteiger partial charge is 0.251 e. The van der Waals surface area contributed by atoms with Crippen LogP contribution in [0.15, 0.2) is 18.5 Å². The zero-order valence-corrected chi connectivity index (χ0v) is 10.9. The molecule has 1 aliphatic carbocycles. The predicted molar refractivity (Wildman–Crippen MR) is 71.2 cm³/mol. The summed E-state index contributed by atoms with van der Waals surface area (Å²) in [4.78, 5) is 16.0. The Bertz CT molecular complexity index is 411. The molecule has 4 heteroatoms. The van der Waals surface area contributed by atoms with Gasteiger partial charge in [0.05, 0.1) is 0 Å². The predicted octanol–water partition coefficient (Wildman–Crippen LogP) is 1.64. The van der Waals surface area contributed by atoms with Gasteiger partial charge in [0.1, 0.15) is 0 Å². The standard InChI is InChI=1S/C14H21N3O/c1-10-8-16-7-6-13(10)14(18)17-9-11-2-4-12(15)5-3-11/h6-8,11-12H,2-5,9,15H2,1H3,(H,17,18). The van der Waals surface area contributed by atoms with Gasteiger partial charge in [0.25, 0.3) is 5.91 Å². The molecule has 98 valence electrons. The van der Waals surface area contributed by atoms with E-state index in [9.17, 15) is 4.79 Å². The number of amides is 1. The van der Waals surface area contributed by atoms with Gasteiger partial charge in [-0.1, -0.05) is 0 Å². The molecule has 0 aromatic carbocycles. The van der Waals surface area contributed by atoms with Crippen LogP contribution in [0.4, 0.5) is 0 Å². The van der Waals surface area contributed by atoms with Crippen molar-refractivity contribution in [1.82, 2.24) is 10.3 Å². The van der Waals surface area contributed by atoms with E-state index in [0.29, 0.717) is 12.0 Å². The first-order chi connectivity index (χ1) is 8.66. The molecule has 1 aromatic rings. The van der Waals surface area contributed by atoms with E-state index in [1.54, 1.807) is 18.5 Å². The molecular formula is C14H21N3O. The van der Waals surface area contributed by atoms with E-state index in [-0.39, 0.29) is 5.91 Å². The van der Waals surface area contributed by atoms with E-state index in [2.05, 4.69) is 10.3 Å². The maximum atomic E-state index is 12.0. The fourth-order valence-electron chi connectivity index (χ4n) is 2.45. The molecule has 1 fully saturated rings. The highest BCUT2D eigenvalue weighted by molar-refractivity contribution is 5.95. The molecule has 0 bridgehead atoms. The van der Waals surface area contributed by atoms with Crippen molar-refractivity contribution >= 4 is 5.91 Å². The molecule has 0 spiro atoms. The Morgan fingerprint density at radius 1 is 1.44 bits per heavy atom. The highest BCUT2D eigenvalue weighted by Crippen LogP contribution is 2.22. The number of aromatic nitrogens is 1. The van der Waals surface area contributed by atoms with Crippen LogP contribution in [0.1, 0.15) is 41.6 Å². The van der Waals surface area contributed by atoms with E-state index < -0.39 is 0 Å². The fraction of sp³-hybridized carbons (Fsp3) is 0.571. The van der Waals surface area contributed by atoms with Crippen LogP contribution >= 0.6 is 0 Å². The first kappa shape index (κ1) is 13.0. The maximum Gasteiger partial charge on any atom is 0.251 e. The van der Waals surface area contributed by atoms with Crippen molar-refractivity contribution in [2.75, 3.05) is 6.54 Å². The molecule has 1 saturated carbocycles. The van der Waals surface area contributed by atoms with Crippen LogP contribution in [0.2, 0.25) is 0 Å². The number of hydrogen-bond acceptors (Lipinski definition) is 3. The lowest BCUT2D eigenvalue weighted by atomic mass is 9.86. The van der Waals surface area contributed by atoms with Gasteiger partial charge < -0.3 is 11.1 Å². The van der Waals surface area contributed by atoms with E-state index in [1.807, 2.05) is 6.92 Å². The van der Waals surface area contributed by atoms with Crippen LogP contribution < -0.4 is 11.1 Å².